The molecular formula is C24H23BrClN3O4. The molecule has 1 aromatic heterocycles. The summed E-state index contributed by atoms with van der Waals surface area (Å²) in [4.78, 5) is 29.0. The summed E-state index contributed by atoms with van der Waals surface area (Å²) in [7, 11) is 0. The van der Waals surface area contributed by atoms with E-state index in [4.69, 9.17) is 20.8 Å². The summed E-state index contributed by atoms with van der Waals surface area (Å²) in [6.07, 6.45) is 1.50. The number of rotatable bonds is 6. The molecule has 0 aliphatic carbocycles. The molecule has 0 spiro atoms. The van der Waals surface area contributed by atoms with Crippen LogP contribution in [0.4, 0.5) is 11.4 Å². The van der Waals surface area contributed by atoms with Crippen LogP contribution in [0.25, 0.3) is 0 Å². The Morgan fingerprint density at radius 3 is 2.55 bits per heavy atom. The lowest BCUT2D eigenvalue weighted by atomic mass is 10.2. The predicted molar refractivity (Wildman–Crippen MR) is 132 cm³/mol. The highest BCUT2D eigenvalue weighted by Gasteiger charge is 2.24. The molecule has 9 heteroatoms. The zero-order chi connectivity index (χ0) is 23.4. The molecule has 1 fully saturated rings. The molecule has 0 unspecified atom stereocenters. The minimum atomic E-state index is -0.243. The molecule has 2 aromatic carbocycles. The Balaban J connectivity index is 1.38. The number of hydrogen-bond donors (Lipinski definition) is 1. The van der Waals surface area contributed by atoms with Gasteiger partial charge in [-0.2, -0.15) is 0 Å². The first-order valence-electron chi connectivity index (χ1n) is 10.6. The van der Waals surface area contributed by atoms with Crippen LogP contribution in [0, 0.1) is 0 Å². The number of benzene rings is 2. The maximum Gasteiger partial charge on any atom is 0.289 e. The molecule has 0 bridgehead atoms. The van der Waals surface area contributed by atoms with Gasteiger partial charge in [0.2, 0.25) is 0 Å². The zero-order valence-corrected chi connectivity index (χ0v) is 20.4. The van der Waals surface area contributed by atoms with E-state index in [0.717, 1.165) is 10.2 Å². The number of amides is 2. The van der Waals surface area contributed by atoms with Crippen LogP contribution in [0.2, 0.25) is 5.02 Å². The van der Waals surface area contributed by atoms with Gasteiger partial charge in [-0.05, 0) is 71.4 Å². The molecule has 4 rings (SSSR count). The highest BCUT2D eigenvalue weighted by Crippen LogP contribution is 2.31. The van der Waals surface area contributed by atoms with Crippen LogP contribution >= 0.6 is 27.5 Å². The maximum atomic E-state index is 12.7. The normalized spacial score (nSPS) is 13.7. The van der Waals surface area contributed by atoms with Crippen molar-refractivity contribution in [1.82, 2.24) is 4.90 Å². The van der Waals surface area contributed by atoms with E-state index in [1.807, 2.05) is 19.1 Å². The van der Waals surface area contributed by atoms with E-state index < -0.39 is 0 Å². The number of furan rings is 1. The Hall–Kier alpha value is -2.97. The molecule has 2 heterocycles. The highest BCUT2D eigenvalue weighted by atomic mass is 79.9. The Morgan fingerprint density at radius 1 is 1.12 bits per heavy atom. The highest BCUT2D eigenvalue weighted by molar-refractivity contribution is 9.10. The van der Waals surface area contributed by atoms with Crippen molar-refractivity contribution < 1.29 is 18.7 Å². The van der Waals surface area contributed by atoms with E-state index in [2.05, 4.69) is 26.1 Å². The monoisotopic (exact) mass is 531 g/mol. The smallest absolute Gasteiger partial charge is 0.289 e. The van der Waals surface area contributed by atoms with Crippen LogP contribution < -0.4 is 15.0 Å². The summed E-state index contributed by atoms with van der Waals surface area (Å²) in [5.74, 6) is 0.686. The van der Waals surface area contributed by atoms with Crippen molar-refractivity contribution in [1.29, 1.82) is 0 Å². The lowest BCUT2D eigenvalue weighted by Gasteiger charge is -2.36. The van der Waals surface area contributed by atoms with Gasteiger partial charge in [0.1, 0.15) is 5.75 Å². The third-order valence-corrected chi connectivity index (χ3v) is 6.26. The van der Waals surface area contributed by atoms with Crippen LogP contribution in [-0.2, 0) is 0 Å². The van der Waals surface area contributed by atoms with Crippen LogP contribution in [0.5, 0.6) is 5.75 Å². The molecule has 7 nitrogen and oxygen atoms in total. The Morgan fingerprint density at radius 2 is 1.91 bits per heavy atom. The van der Waals surface area contributed by atoms with Crippen molar-refractivity contribution >= 4 is 50.7 Å². The molecule has 172 valence electrons. The lowest BCUT2D eigenvalue weighted by molar-refractivity contribution is 0.0714. The van der Waals surface area contributed by atoms with Crippen molar-refractivity contribution in [3.63, 3.8) is 0 Å². The van der Waals surface area contributed by atoms with Gasteiger partial charge in [0.05, 0.1) is 28.1 Å². The molecular weight excluding hydrogens is 510 g/mol. The van der Waals surface area contributed by atoms with E-state index >= 15 is 0 Å². The fourth-order valence-electron chi connectivity index (χ4n) is 3.67. The van der Waals surface area contributed by atoms with Crippen LogP contribution in [0.3, 0.4) is 0 Å². The third-order valence-electron chi connectivity index (χ3n) is 5.34. The number of carbonyl (C=O) groups excluding carboxylic acids is 2. The van der Waals surface area contributed by atoms with Gasteiger partial charge < -0.3 is 24.3 Å². The Kier molecular flexibility index (Phi) is 7.25. The topological polar surface area (TPSA) is 75.0 Å². The second-order valence-electron chi connectivity index (χ2n) is 7.46. The maximum absolute atomic E-state index is 12.7. The van der Waals surface area contributed by atoms with E-state index in [1.54, 1.807) is 41.3 Å². The first kappa shape index (κ1) is 23.2. The minimum Gasteiger partial charge on any atom is -0.493 e. The number of piperazine rings is 1. The predicted octanol–water partition coefficient (Wildman–Crippen LogP) is 5.31. The number of nitrogens with one attached hydrogen (secondary N) is 1. The van der Waals surface area contributed by atoms with Crippen molar-refractivity contribution in [3.8, 4) is 5.75 Å². The molecule has 0 atom stereocenters. The van der Waals surface area contributed by atoms with Gasteiger partial charge >= 0.3 is 0 Å². The number of halogens is 2. The fourth-order valence-corrected chi connectivity index (χ4v) is 4.46. The van der Waals surface area contributed by atoms with Crippen LogP contribution in [0.15, 0.2) is 63.7 Å². The Labute approximate surface area is 205 Å². The lowest BCUT2D eigenvalue weighted by Crippen LogP contribution is -2.48. The average Bonchev–Trinajstić information content (AvgIpc) is 3.35. The molecule has 2 amide bonds. The van der Waals surface area contributed by atoms with E-state index in [-0.39, 0.29) is 11.8 Å². The second-order valence-corrected chi connectivity index (χ2v) is 8.72. The fraction of sp³-hybridized carbons (Fsp3) is 0.250. The number of ether oxygens (including phenoxy) is 1. The minimum absolute atomic E-state index is 0.107. The van der Waals surface area contributed by atoms with Gasteiger partial charge in [0, 0.05) is 37.4 Å². The van der Waals surface area contributed by atoms with Gasteiger partial charge in [0.25, 0.3) is 11.8 Å². The van der Waals surface area contributed by atoms with E-state index in [0.29, 0.717) is 60.6 Å². The van der Waals surface area contributed by atoms with E-state index in [9.17, 15) is 9.59 Å². The first-order valence-corrected chi connectivity index (χ1v) is 11.7. The first-order chi connectivity index (χ1) is 16.0. The number of nitrogens with zero attached hydrogens (tertiary/aromatic N) is 2. The second kappa shape index (κ2) is 10.3. The van der Waals surface area contributed by atoms with Crippen molar-refractivity contribution in [2.45, 2.75) is 6.92 Å². The van der Waals surface area contributed by atoms with Crippen molar-refractivity contribution in [2.75, 3.05) is 43.0 Å². The van der Waals surface area contributed by atoms with Crippen molar-refractivity contribution in [3.05, 3.63) is 75.6 Å². The number of hydrogen-bond acceptors (Lipinski definition) is 5. The van der Waals surface area contributed by atoms with Crippen molar-refractivity contribution in [2.24, 2.45) is 0 Å². The Bertz CT molecular complexity index is 1140. The number of anilines is 2. The molecule has 1 aliphatic heterocycles. The standard InChI is InChI=1S/C24H23BrClN3O4/c1-2-32-21-8-5-16(14-18(21)25)23(30)27-17-6-7-20(19(26)15-17)28-9-11-29(12-10-28)24(31)22-4-3-13-33-22/h3-8,13-15H,2,9-12H2,1H3,(H,27,30). The summed E-state index contributed by atoms with van der Waals surface area (Å²) in [6.45, 7) is 4.89. The molecule has 1 saturated heterocycles. The summed E-state index contributed by atoms with van der Waals surface area (Å²) in [6, 6.07) is 14.0. The van der Waals surface area contributed by atoms with Gasteiger partial charge in [-0.3, -0.25) is 9.59 Å². The molecule has 0 radical (unpaired) electrons. The summed E-state index contributed by atoms with van der Waals surface area (Å²) in [5, 5.41) is 3.41. The SMILES string of the molecule is CCOc1ccc(C(=O)Nc2ccc(N3CCN(C(=O)c4ccco4)CC3)c(Cl)c2)cc1Br. The quantitative estimate of drug-likeness (QED) is 0.466. The molecule has 3 aromatic rings. The molecule has 33 heavy (non-hydrogen) atoms. The van der Waals surface area contributed by atoms with Crippen LogP contribution in [0.1, 0.15) is 27.8 Å². The average molecular weight is 533 g/mol. The molecule has 1 aliphatic rings. The third kappa shape index (κ3) is 5.34. The summed E-state index contributed by atoms with van der Waals surface area (Å²) in [5.41, 5.74) is 1.97. The summed E-state index contributed by atoms with van der Waals surface area (Å²) >= 11 is 9.97. The molecule has 0 saturated carbocycles. The zero-order valence-electron chi connectivity index (χ0n) is 18.0. The van der Waals surface area contributed by atoms with Gasteiger partial charge in [-0.25, -0.2) is 0 Å². The van der Waals surface area contributed by atoms with E-state index in [1.165, 1.54) is 6.26 Å². The molecule has 1 N–H and O–H groups in total. The number of carbonyl (C=O) groups is 2. The largest absolute Gasteiger partial charge is 0.493 e. The van der Waals surface area contributed by atoms with Gasteiger partial charge in [-0.15, -0.1) is 0 Å². The van der Waals surface area contributed by atoms with Gasteiger partial charge in [-0.1, -0.05) is 11.6 Å². The van der Waals surface area contributed by atoms with Gasteiger partial charge in [0.15, 0.2) is 5.76 Å². The van der Waals surface area contributed by atoms with Crippen LogP contribution in [-0.4, -0.2) is 49.5 Å². The summed E-state index contributed by atoms with van der Waals surface area (Å²) < 4.78 is 11.4.